The number of nitrogens with one attached hydrogen (secondary N) is 1. The van der Waals surface area contributed by atoms with E-state index < -0.39 is 0 Å². The van der Waals surface area contributed by atoms with Gasteiger partial charge in [-0.05, 0) is 25.6 Å². The van der Waals surface area contributed by atoms with Gasteiger partial charge in [-0.1, -0.05) is 30.3 Å². The molecular weight excluding hydrogens is 226 g/mol. The predicted octanol–water partition coefficient (Wildman–Crippen LogP) is 1.53. The molecule has 1 aliphatic heterocycles. The van der Waals surface area contributed by atoms with Crippen molar-refractivity contribution in [3.63, 3.8) is 0 Å². The summed E-state index contributed by atoms with van der Waals surface area (Å²) in [5.74, 6) is 0. The Labute approximate surface area is 109 Å². The number of hydrogen-bond acceptors (Lipinski definition) is 2. The summed E-state index contributed by atoms with van der Waals surface area (Å²) in [6.45, 7) is 4.30. The van der Waals surface area contributed by atoms with Crippen LogP contribution < -0.4 is 5.32 Å². The minimum absolute atomic E-state index is 0.0501. The normalized spacial score (nSPS) is 17.3. The summed E-state index contributed by atoms with van der Waals surface area (Å²) in [6, 6.07) is 10.1. The molecule has 1 aromatic rings. The molecule has 2 amide bonds. The quantitative estimate of drug-likeness (QED) is 0.860. The second-order valence-corrected chi connectivity index (χ2v) is 4.79. The summed E-state index contributed by atoms with van der Waals surface area (Å²) in [7, 11) is 2.10. The highest BCUT2D eigenvalue weighted by Crippen LogP contribution is 2.02. The molecule has 1 aromatic carbocycles. The van der Waals surface area contributed by atoms with Crippen LogP contribution in [0.3, 0.4) is 0 Å². The SMILES string of the molecule is CN1CCCN(C(=O)NCc2ccccc2)CC1. The topological polar surface area (TPSA) is 35.6 Å². The number of amides is 2. The van der Waals surface area contributed by atoms with Crippen LogP contribution in [0.4, 0.5) is 4.79 Å². The molecule has 0 aromatic heterocycles. The fourth-order valence-electron chi connectivity index (χ4n) is 2.13. The van der Waals surface area contributed by atoms with Gasteiger partial charge in [0.15, 0.2) is 0 Å². The predicted molar refractivity (Wildman–Crippen MR) is 72.4 cm³/mol. The van der Waals surface area contributed by atoms with Gasteiger partial charge in [0.1, 0.15) is 0 Å². The van der Waals surface area contributed by atoms with E-state index in [9.17, 15) is 4.79 Å². The monoisotopic (exact) mass is 247 g/mol. The first-order chi connectivity index (χ1) is 8.75. The molecule has 4 nitrogen and oxygen atoms in total. The van der Waals surface area contributed by atoms with Crippen molar-refractivity contribution in [3.8, 4) is 0 Å². The van der Waals surface area contributed by atoms with Crippen LogP contribution in [0.2, 0.25) is 0 Å². The Kier molecular flexibility index (Phi) is 4.59. The van der Waals surface area contributed by atoms with Gasteiger partial charge in [0.25, 0.3) is 0 Å². The number of carbonyl (C=O) groups excluding carboxylic acids is 1. The van der Waals surface area contributed by atoms with Gasteiger partial charge in [-0.2, -0.15) is 0 Å². The summed E-state index contributed by atoms with van der Waals surface area (Å²) >= 11 is 0. The third-order valence-electron chi connectivity index (χ3n) is 3.29. The first kappa shape index (κ1) is 12.9. The standard InChI is InChI=1S/C14H21N3O/c1-16-8-5-9-17(11-10-16)14(18)15-12-13-6-3-2-4-7-13/h2-4,6-7H,5,8-12H2,1H3,(H,15,18). The van der Waals surface area contributed by atoms with Crippen molar-refractivity contribution in [2.75, 3.05) is 33.2 Å². The third kappa shape index (κ3) is 3.74. The van der Waals surface area contributed by atoms with E-state index in [1.54, 1.807) is 0 Å². The zero-order valence-corrected chi connectivity index (χ0v) is 10.9. The summed E-state index contributed by atoms with van der Waals surface area (Å²) in [5, 5.41) is 2.98. The van der Waals surface area contributed by atoms with Crippen LogP contribution in [0.25, 0.3) is 0 Å². The molecule has 98 valence electrons. The zero-order chi connectivity index (χ0) is 12.8. The van der Waals surface area contributed by atoms with E-state index in [0.29, 0.717) is 6.54 Å². The summed E-state index contributed by atoms with van der Waals surface area (Å²) in [6.07, 6.45) is 1.05. The zero-order valence-electron chi connectivity index (χ0n) is 10.9. The van der Waals surface area contributed by atoms with E-state index in [2.05, 4.69) is 17.3 Å². The van der Waals surface area contributed by atoms with E-state index in [1.165, 1.54) is 0 Å². The number of carbonyl (C=O) groups is 1. The Morgan fingerprint density at radius 2 is 1.94 bits per heavy atom. The van der Waals surface area contributed by atoms with E-state index >= 15 is 0 Å². The molecule has 1 saturated heterocycles. The maximum Gasteiger partial charge on any atom is 0.317 e. The first-order valence-corrected chi connectivity index (χ1v) is 6.51. The van der Waals surface area contributed by atoms with Crippen LogP contribution in [0, 0.1) is 0 Å². The van der Waals surface area contributed by atoms with E-state index in [4.69, 9.17) is 0 Å². The number of hydrogen-bond donors (Lipinski definition) is 1. The maximum atomic E-state index is 12.0. The van der Waals surface area contributed by atoms with Gasteiger partial charge in [-0.25, -0.2) is 4.79 Å². The van der Waals surface area contributed by atoms with Crippen LogP contribution in [0.5, 0.6) is 0 Å². The molecule has 18 heavy (non-hydrogen) atoms. The molecule has 0 spiro atoms. The molecular formula is C14H21N3O. The fourth-order valence-corrected chi connectivity index (χ4v) is 2.13. The molecule has 1 fully saturated rings. The summed E-state index contributed by atoms with van der Waals surface area (Å²) < 4.78 is 0. The number of urea groups is 1. The number of nitrogens with zero attached hydrogens (tertiary/aromatic N) is 2. The van der Waals surface area contributed by atoms with Crippen molar-refractivity contribution in [2.24, 2.45) is 0 Å². The molecule has 0 saturated carbocycles. The average molecular weight is 247 g/mol. The highest BCUT2D eigenvalue weighted by molar-refractivity contribution is 5.74. The smallest absolute Gasteiger partial charge is 0.317 e. The number of benzene rings is 1. The van der Waals surface area contributed by atoms with Gasteiger partial charge in [0.05, 0.1) is 0 Å². The Morgan fingerprint density at radius 3 is 2.72 bits per heavy atom. The number of likely N-dealkylation sites (N-methyl/N-ethyl adjacent to an activating group) is 1. The molecule has 1 N–H and O–H groups in total. The van der Waals surface area contributed by atoms with Crippen molar-refractivity contribution in [1.82, 2.24) is 15.1 Å². The molecule has 2 rings (SSSR count). The maximum absolute atomic E-state index is 12.0. The van der Waals surface area contributed by atoms with Crippen molar-refractivity contribution >= 4 is 6.03 Å². The highest BCUT2D eigenvalue weighted by atomic mass is 16.2. The van der Waals surface area contributed by atoms with Crippen LogP contribution in [-0.2, 0) is 6.54 Å². The lowest BCUT2D eigenvalue weighted by Gasteiger charge is -2.21. The van der Waals surface area contributed by atoms with Crippen molar-refractivity contribution in [1.29, 1.82) is 0 Å². The fraction of sp³-hybridized carbons (Fsp3) is 0.500. The van der Waals surface area contributed by atoms with Gasteiger partial charge >= 0.3 is 6.03 Å². The minimum Gasteiger partial charge on any atom is -0.334 e. The van der Waals surface area contributed by atoms with Gasteiger partial charge in [-0.3, -0.25) is 0 Å². The van der Waals surface area contributed by atoms with Crippen molar-refractivity contribution in [2.45, 2.75) is 13.0 Å². The Hall–Kier alpha value is -1.55. The van der Waals surface area contributed by atoms with Gasteiger partial charge < -0.3 is 15.1 Å². The first-order valence-electron chi connectivity index (χ1n) is 6.51. The molecule has 0 aliphatic carbocycles. The lowest BCUT2D eigenvalue weighted by atomic mass is 10.2. The van der Waals surface area contributed by atoms with Crippen molar-refractivity contribution < 1.29 is 4.79 Å². The molecule has 1 heterocycles. The lowest BCUT2D eigenvalue weighted by Crippen LogP contribution is -2.41. The molecule has 1 aliphatic rings. The van der Waals surface area contributed by atoms with E-state index in [-0.39, 0.29) is 6.03 Å². The largest absolute Gasteiger partial charge is 0.334 e. The van der Waals surface area contributed by atoms with Crippen molar-refractivity contribution in [3.05, 3.63) is 35.9 Å². The second-order valence-electron chi connectivity index (χ2n) is 4.79. The van der Waals surface area contributed by atoms with Crippen LogP contribution in [0.15, 0.2) is 30.3 Å². The molecule has 0 unspecified atom stereocenters. The molecule has 0 radical (unpaired) electrons. The molecule has 0 bridgehead atoms. The summed E-state index contributed by atoms with van der Waals surface area (Å²) in [5.41, 5.74) is 1.14. The Morgan fingerprint density at radius 1 is 1.17 bits per heavy atom. The minimum atomic E-state index is 0.0501. The molecule has 0 atom stereocenters. The second kappa shape index (κ2) is 6.40. The van der Waals surface area contributed by atoms with E-state index in [1.807, 2.05) is 35.2 Å². The van der Waals surface area contributed by atoms with Gasteiger partial charge in [0.2, 0.25) is 0 Å². The lowest BCUT2D eigenvalue weighted by molar-refractivity contribution is 0.199. The third-order valence-corrected chi connectivity index (χ3v) is 3.29. The van der Waals surface area contributed by atoms with Crippen LogP contribution in [0.1, 0.15) is 12.0 Å². The van der Waals surface area contributed by atoms with Gasteiger partial charge in [0, 0.05) is 26.2 Å². The molecule has 4 heteroatoms. The highest BCUT2D eigenvalue weighted by Gasteiger charge is 2.16. The van der Waals surface area contributed by atoms with Crippen LogP contribution in [-0.4, -0.2) is 49.1 Å². The van der Waals surface area contributed by atoms with E-state index in [0.717, 1.165) is 38.2 Å². The Bertz CT molecular complexity index is 380. The Balaban J connectivity index is 1.80. The van der Waals surface area contributed by atoms with Crippen LogP contribution >= 0.6 is 0 Å². The summed E-state index contributed by atoms with van der Waals surface area (Å²) in [4.78, 5) is 16.2. The number of rotatable bonds is 2. The average Bonchev–Trinajstić information content (AvgIpc) is 2.62. The van der Waals surface area contributed by atoms with Gasteiger partial charge in [-0.15, -0.1) is 0 Å².